The molecule has 1 aromatic carbocycles. The molecule has 0 aliphatic heterocycles. The standard InChI is InChI=1S/C12H12N2O/c1-10(14-8-7-13)9-12(15)11-5-3-2-4-6-11/h2-6,9,14H,8H2,1H3/b10-9+. The van der Waals surface area contributed by atoms with Gasteiger partial charge < -0.3 is 5.32 Å². The molecule has 15 heavy (non-hydrogen) atoms. The molecule has 1 aromatic rings. The number of ketones is 1. The van der Waals surface area contributed by atoms with Crippen molar-refractivity contribution in [1.82, 2.24) is 5.32 Å². The Morgan fingerprint density at radius 3 is 2.73 bits per heavy atom. The quantitative estimate of drug-likeness (QED) is 0.458. The Kier molecular flexibility index (Phi) is 4.11. The third-order valence-corrected chi connectivity index (χ3v) is 1.85. The van der Waals surface area contributed by atoms with Crippen LogP contribution in [0, 0.1) is 11.3 Å². The second kappa shape index (κ2) is 5.61. The lowest BCUT2D eigenvalue weighted by Gasteiger charge is -2.00. The fourth-order valence-electron chi connectivity index (χ4n) is 1.11. The zero-order valence-corrected chi connectivity index (χ0v) is 8.53. The van der Waals surface area contributed by atoms with Gasteiger partial charge in [-0.3, -0.25) is 4.79 Å². The average molecular weight is 200 g/mol. The monoisotopic (exact) mass is 200 g/mol. The summed E-state index contributed by atoms with van der Waals surface area (Å²) in [7, 11) is 0. The van der Waals surface area contributed by atoms with Crippen LogP contribution in [-0.4, -0.2) is 12.3 Å². The van der Waals surface area contributed by atoms with Crippen molar-refractivity contribution in [1.29, 1.82) is 5.26 Å². The Morgan fingerprint density at radius 1 is 1.47 bits per heavy atom. The van der Waals surface area contributed by atoms with Gasteiger partial charge in [0.05, 0.1) is 6.07 Å². The van der Waals surface area contributed by atoms with E-state index in [4.69, 9.17) is 5.26 Å². The zero-order chi connectivity index (χ0) is 11.1. The van der Waals surface area contributed by atoms with E-state index < -0.39 is 0 Å². The van der Waals surface area contributed by atoms with Gasteiger partial charge in [-0.1, -0.05) is 30.3 Å². The molecule has 0 heterocycles. The maximum atomic E-state index is 11.6. The van der Waals surface area contributed by atoms with Gasteiger partial charge >= 0.3 is 0 Å². The van der Waals surface area contributed by atoms with Gasteiger partial charge in [0, 0.05) is 17.3 Å². The van der Waals surface area contributed by atoms with Gasteiger partial charge in [0.25, 0.3) is 0 Å². The zero-order valence-electron chi connectivity index (χ0n) is 8.53. The molecule has 0 aliphatic carbocycles. The molecule has 1 N–H and O–H groups in total. The minimum atomic E-state index is -0.0569. The Hall–Kier alpha value is -2.08. The van der Waals surface area contributed by atoms with Crippen molar-refractivity contribution in [3.63, 3.8) is 0 Å². The minimum Gasteiger partial charge on any atom is -0.376 e. The van der Waals surface area contributed by atoms with E-state index >= 15 is 0 Å². The molecule has 0 fully saturated rings. The predicted molar refractivity (Wildman–Crippen MR) is 58.1 cm³/mol. The Labute approximate surface area is 89.0 Å². The van der Waals surface area contributed by atoms with Crippen LogP contribution in [0.1, 0.15) is 17.3 Å². The third kappa shape index (κ3) is 3.65. The van der Waals surface area contributed by atoms with Crippen LogP contribution in [0.5, 0.6) is 0 Å². The first-order valence-corrected chi connectivity index (χ1v) is 4.62. The molecule has 0 saturated heterocycles. The summed E-state index contributed by atoms with van der Waals surface area (Å²) in [4.78, 5) is 11.6. The van der Waals surface area contributed by atoms with Crippen LogP contribution in [0.2, 0.25) is 0 Å². The first kappa shape index (κ1) is 11.0. The first-order valence-electron chi connectivity index (χ1n) is 4.62. The summed E-state index contributed by atoms with van der Waals surface area (Å²) in [6, 6.07) is 11.0. The van der Waals surface area contributed by atoms with Gasteiger partial charge in [-0.05, 0) is 6.92 Å². The molecule has 3 nitrogen and oxygen atoms in total. The topological polar surface area (TPSA) is 52.9 Å². The third-order valence-electron chi connectivity index (χ3n) is 1.85. The smallest absolute Gasteiger partial charge is 0.187 e. The molecule has 0 bridgehead atoms. The van der Waals surface area contributed by atoms with E-state index in [2.05, 4.69) is 5.32 Å². The number of carbonyl (C=O) groups excluding carboxylic acids is 1. The van der Waals surface area contributed by atoms with Crippen molar-refractivity contribution < 1.29 is 4.79 Å². The van der Waals surface area contributed by atoms with Gasteiger partial charge in [-0.15, -0.1) is 0 Å². The molecule has 0 unspecified atom stereocenters. The molecular weight excluding hydrogens is 188 g/mol. The lowest BCUT2D eigenvalue weighted by Crippen LogP contribution is -2.12. The summed E-state index contributed by atoms with van der Waals surface area (Å²) in [5.74, 6) is -0.0569. The molecule has 1 rings (SSSR count). The number of hydrogen-bond acceptors (Lipinski definition) is 3. The second-order valence-electron chi connectivity index (χ2n) is 3.07. The van der Waals surface area contributed by atoms with Crippen LogP contribution < -0.4 is 5.32 Å². The van der Waals surface area contributed by atoms with Crippen LogP contribution in [-0.2, 0) is 0 Å². The van der Waals surface area contributed by atoms with Crippen LogP contribution in [0.3, 0.4) is 0 Å². The molecule has 0 radical (unpaired) electrons. The summed E-state index contributed by atoms with van der Waals surface area (Å²) >= 11 is 0. The highest BCUT2D eigenvalue weighted by atomic mass is 16.1. The van der Waals surface area contributed by atoms with Crippen molar-refractivity contribution in [2.45, 2.75) is 6.92 Å². The Balaban J connectivity index is 2.67. The fraction of sp³-hybridized carbons (Fsp3) is 0.167. The highest BCUT2D eigenvalue weighted by Gasteiger charge is 2.00. The summed E-state index contributed by atoms with van der Waals surface area (Å²) in [6.07, 6.45) is 1.49. The molecule has 3 heteroatoms. The van der Waals surface area contributed by atoms with Gasteiger partial charge in [0.15, 0.2) is 5.78 Å². The van der Waals surface area contributed by atoms with E-state index in [0.717, 1.165) is 0 Å². The molecule has 76 valence electrons. The summed E-state index contributed by atoms with van der Waals surface area (Å²) in [5, 5.41) is 11.2. The van der Waals surface area contributed by atoms with Crippen molar-refractivity contribution in [3.05, 3.63) is 47.7 Å². The van der Waals surface area contributed by atoms with Crippen LogP contribution in [0.25, 0.3) is 0 Å². The summed E-state index contributed by atoms with van der Waals surface area (Å²) < 4.78 is 0. The van der Waals surface area contributed by atoms with Crippen LogP contribution >= 0.6 is 0 Å². The van der Waals surface area contributed by atoms with E-state index in [0.29, 0.717) is 11.3 Å². The largest absolute Gasteiger partial charge is 0.376 e. The molecule has 0 saturated carbocycles. The van der Waals surface area contributed by atoms with Crippen molar-refractivity contribution >= 4 is 5.78 Å². The molecule has 0 atom stereocenters. The Morgan fingerprint density at radius 2 is 2.13 bits per heavy atom. The number of nitrogens with one attached hydrogen (secondary N) is 1. The molecule has 0 spiro atoms. The first-order chi connectivity index (χ1) is 7.24. The molecular formula is C12H12N2O. The highest BCUT2D eigenvalue weighted by Crippen LogP contribution is 2.02. The highest BCUT2D eigenvalue weighted by molar-refractivity contribution is 6.04. The maximum Gasteiger partial charge on any atom is 0.187 e. The summed E-state index contributed by atoms with van der Waals surface area (Å²) in [6.45, 7) is 1.97. The van der Waals surface area contributed by atoms with E-state index in [9.17, 15) is 4.79 Å². The van der Waals surface area contributed by atoms with Gasteiger partial charge in [0.1, 0.15) is 6.54 Å². The lowest BCUT2D eigenvalue weighted by molar-refractivity contribution is 0.104. The number of hydrogen-bond donors (Lipinski definition) is 1. The Bertz CT molecular complexity index is 401. The normalized spacial score (nSPS) is 10.5. The van der Waals surface area contributed by atoms with Crippen molar-refractivity contribution in [3.8, 4) is 6.07 Å². The average Bonchev–Trinajstić information content (AvgIpc) is 2.27. The van der Waals surface area contributed by atoms with Gasteiger partial charge in [0.2, 0.25) is 0 Å². The molecule has 0 amide bonds. The fourth-order valence-corrected chi connectivity index (χ4v) is 1.11. The van der Waals surface area contributed by atoms with E-state index in [1.807, 2.05) is 24.3 Å². The van der Waals surface area contributed by atoms with Crippen LogP contribution in [0.15, 0.2) is 42.1 Å². The van der Waals surface area contributed by atoms with Crippen molar-refractivity contribution in [2.75, 3.05) is 6.54 Å². The minimum absolute atomic E-state index is 0.0569. The molecule has 0 aromatic heterocycles. The predicted octanol–water partition coefficient (Wildman–Crippen LogP) is 1.89. The van der Waals surface area contributed by atoms with E-state index in [1.54, 1.807) is 19.1 Å². The van der Waals surface area contributed by atoms with E-state index in [1.165, 1.54) is 6.08 Å². The second-order valence-corrected chi connectivity index (χ2v) is 3.07. The van der Waals surface area contributed by atoms with E-state index in [-0.39, 0.29) is 12.3 Å². The number of benzene rings is 1. The SMILES string of the molecule is C/C(=C\C(=O)c1ccccc1)NCC#N. The maximum absolute atomic E-state index is 11.6. The number of carbonyl (C=O) groups is 1. The van der Waals surface area contributed by atoms with Gasteiger partial charge in [-0.2, -0.15) is 5.26 Å². The number of rotatable bonds is 4. The number of allylic oxidation sites excluding steroid dienone is 2. The van der Waals surface area contributed by atoms with Crippen LogP contribution in [0.4, 0.5) is 0 Å². The van der Waals surface area contributed by atoms with Crippen molar-refractivity contribution in [2.24, 2.45) is 0 Å². The number of nitriles is 1. The van der Waals surface area contributed by atoms with Gasteiger partial charge in [-0.25, -0.2) is 0 Å². The summed E-state index contributed by atoms with van der Waals surface area (Å²) in [5.41, 5.74) is 1.35. The number of nitrogens with zero attached hydrogens (tertiary/aromatic N) is 1. The lowest BCUT2D eigenvalue weighted by atomic mass is 10.1. The molecule has 0 aliphatic rings.